The third-order valence-electron chi connectivity index (χ3n) is 7.57. The maximum absolute atomic E-state index is 12.2. The van der Waals surface area contributed by atoms with Gasteiger partial charge >= 0.3 is 11.9 Å². The molecular formula is C36H50N2O5. The van der Waals surface area contributed by atoms with E-state index in [0.717, 1.165) is 36.8 Å². The Labute approximate surface area is 257 Å². The molecule has 0 bridgehead atoms. The molecule has 0 radical (unpaired) electrons. The summed E-state index contributed by atoms with van der Waals surface area (Å²) in [5.74, 6) is 1.40. The van der Waals surface area contributed by atoms with E-state index >= 15 is 0 Å². The van der Waals surface area contributed by atoms with Crippen molar-refractivity contribution in [3.63, 3.8) is 0 Å². The minimum Gasteiger partial charge on any atom is -0.427 e. The smallest absolute Gasteiger partial charge is 0.311 e. The van der Waals surface area contributed by atoms with Gasteiger partial charge in [0.1, 0.15) is 11.5 Å². The molecule has 2 aromatic carbocycles. The quantitative estimate of drug-likeness (QED) is 0.0653. The summed E-state index contributed by atoms with van der Waals surface area (Å²) >= 11 is 0. The van der Waals surface area contributed by atoms with E-state index in [2.05, 4.69) is 24.0 Å². The molecule has 0 atom stereocenters. The average Bonchev–Trinajstić information content (AvgIpc) is 3.51. The van der Waals surface area contributed by atoms with Crippen molar-refractivity contribution in [1.82, 2.24) is 10.1 Å². The van der Waals surface area contributed by atoms with Crippen LogP contribution in [0.4, 0.5) is 0 Å². The van der Waals surface area contributed by atoms with Gasteiger partial charge < -0.3 is 14.0 Å². The minimum atomic E-state index is -0.207. The molecule has 0 fully saturated rings. The lowest BCUT2D eigenvalue weighted by Gasteiger charge is -2.05. The number of hydrogen-bond donors (Lipinski definition) is 0. The van der Waals surface area contributed by atoms with Crippen LogP contribution in [0.2, 0.25) is 0 Å². The molecule has 1 aromatic heterocycles. The Hall–Kier alpha value is -3.48. The largest absolute Gasteiger partial charge is 0.427 e. The van der Waals surface area contributed by atoms with Gasteiger partial charge in [-0.3, -0.25) is 9.59 Å². The zero-order valence-corrected chi connectivity index (χ0v) is 26.3. The standard InChI is InChI=1S/C36H50N2O5/c1-3-5-7-9-11-13-15-17-19-33(39)41-31-25-21-29(22-26-31)35-37-36(43-38-35)30-23-27-32(28-24-30)42-34(40)20-18-16-14-12-10-8-6-4-2/h21-28H,3-20H2,1-2H3. The number of aromatic nitrogens is 2. The highest BCUT2D eigenvalue weighted by Gasteiger charge is 2.13. The summed E-state index contributed by atoms with van der Waals surface area (Å²) in [6, 6.07) is 14.2. The van der Waals surface area contributed by atoms with Gasteiger partial charge in [-0.2, -0.15) is 4.98 Å². The molecule has 0 saturated carbocycles. The first kappa shape index (κ1) is 34.0. The van der Waals surface area contributed by atoms with E-state index in [1.807, 2.05) is 12.1 Å². The number of unbranched alkanes of at least 4 members (excludes halogenated alkanes) is 14. The van der Waals surface area contributed by atoms with Crippen LogP contribution in [0.15, 0.2) is 53.1 Å². The molecule has 0 aliphatic heterocycles. The van der Waals surface area contributed by atoms with Crippen LogP contribution in [0, 0.1) is 0 Å². The molecule has 0 saturated heterocycles. The van der Waals surface area contributed by atoms with E-state index in [1.165, 1.54) is 77.0 Å². The lowest BCUT2D eigenvalue weighted by atomic mass is 10.1. The summed E-state index contributed by atoms with van der Waals surface area (Å²) in [7, 11) is 0. The molecule has 3 rings (SSSR count). The predicted octanol–water partition coefficient (Wildman–Crippen LogP) is 10.3. The molecular weight excluding hydrogens is 540 g/mol. The molecule has 0 unspecified atom stereocenters. The zero-order chi connectivity index (χ0) is 30.5. The van der Waals surface area contributed by atoms with Crippen molar-refractivity contribution in [2.45, 2.75) is 129 Å². The first-order chi connectivity index (χ1) is 21.1. The molecule has 43 heavy (non-hydrogen) atoms. The lowest BCUT2D eigenvalue weighted by Crippen LogP contribution is -2.07. The fourth-order valence-corrected chi connectivity index (χ4v) is 4.97. The van der Waals surface area contributed by atoms with Crippen molar-refractivity contribution in [3.05, 3.63) is 48.5 Å². The number of rotatable bonds is 22. The first-order valence-electron chi connectivity index (χ1n) is 16.5. The normalized spacial score (nSPS) is 11.0. The van der Waals surface area contributed by atoms with E-state index in [-0.39, 0.29) is 11.9 Å². The number of carbonyl (C=O) groups is 2. The van der Waals surface area contributed by atoms with E-state index < -0.39 is 0 Å². The maximum Gasteiger partial charge on any atom is 0.311 e. The van der Waals surface area contributed by atoms with Gasteiger partial charge in [0.05, 0.1) is 0 Å². The highest BCUT2D eigenvalue weighted by Crippen LogP contribution is 2.26. The van der Waals surface area contributed by atoms with Crippen molar-refractivity contribution >= 4 is 11.9 Å². The highest BCUT2D eigenvalue weighted by molar-refractivity contribution is 5.73. The summed E-state index contributed by atoms with van der Waals surface area (Å²) in [4.78, 5) is 28.9. The Balaban J connectivity index is 1.37. The Kier molecular flexibility index (Phi) is 16.2. The number of esters is 2. The Morgan fingerprint density at radius 1 is 0.558 bits per heavy atom. The lowest BCUT2D eigenvalue weighted by molar-refractivity contribution is -0.135. The van der Waals surface area contributed by atoms with Crippen LogP contribution in [0.25, 0.3) is 22.8 Å². The third kappa shape index (κ3) is 13.6. The van der Waals surface area contributed by atoms with Crippen molar-refractivity contribution in [2.24, 2.45) is 0 Å². The Morgan fingerprint density at radius 3 is 1.40 bits per heavy atom. The third-order valence-corrected chi connectivity index (χ3v) is 7.57. The van der Waals surface area contributed by atoms with Crippen LogP contribution >= 0.6 is 0 Å². The summed E-state index contributed by atoms with van der Waals surface area (Å²) in [6.07, 6.45) is 19.9. The number of hydrogen-bond acceptors (Lipinski definition) is 7. The predicted molar refractivity (Wildman–Crippen MR) is 171 cm³/mol. The molecule has 7 nitrogen and oxygen atoms in total. The van der Waals surface area contributed by atoms with Gasteiger partial charge in [0, 0.05) is 24.0 Å². The maximum atomic E-state index is 12.2. The molecule has 0 aliphatic rings. The molecule has 3 aromatic rings. The summed E-state index contributed by atoms with van der Waals surface area (Å²) < 4.78 is 16.4. The topological polar surface area (TPSA) is 91.5 Å². The van der Waals surface area contributed by atoms with Gasteiger partial charge in [-0.15, -0.1) is 0 Å². The molecule has 0 aliphatic carbocycles. The van der Waals surface area contributed by atoms with E-state index in [9.17, 15) is 9.59 Å². The number of benzene rings is 2. The van der Waals surface area contributed by atoms with Crippen LogP contribution in [0.3, 0.4) is 0 Å². The summed E-state index contributed by atoms with van der Waals surface area (Å²) in [5, 5.41) is 4.10. The monoisotopic (exact) mass is 590 g/mol. The van der Waals surface area contributed by atoms with Crippen molar-refractivity contribution in [1.29, 1.82) is 0 Å². The summed E-state index contributed by atoms with van der Waals surface area (Å²) in [5.41, 5.74) is 1.48. The molecule has 0 N–H and O–H groups in total. The fraction of sp³-hybridized carbons (Fsp3) is 0.556. The van der Waals surface area contributed by atoms with Crippen LogP contribution < -0.4 is 9.47 Å². The molecule has 1 heterocycles. The molecule has 0 spiro atoms. The first-order valence-corrected chi connectivity index (χ1v) is 16.5. The molecule has 234 valence electrons. The minimum absolute atomic E-state index is 0.206. The second-order valence-electron chi connectivity index (χ2n) is 11.4. The Morgan fingerprint density at radius 2 is 0.953 bits per heavy atom. The van der Waals surface area contributed by atoms with Crippen LogP contribution in [0.1, 0.15) is 129 Å². The van der Waals surface area contributed by atoms with Crippen molar-refractivity contribution in [2.75, 3.05) is 0 Å². The SMILES string of the molecule is CCCCCCCCCCC(=O)Oc1ccc(-c2noc(-c3ccc(OC(=O)CCCCCCCCCC)cc3)n2)cc1. The average molecular weight is 591 g/mol. The molecule has 0 amide bonds. The van der Waals surface area contributed by atoms with E-state index in [4.69, 9.17) is 14.0 Å². The van der Waals surface area contributed by atoms with E-state index in [1.54, 1.807) is 36.4 Å². The van der Waals surface area contributed by atoms with Gasteiger partial charge in [-0.1, -0.05) is 109 Å². The second-order valence-corrected chi connectivity index (χ2v) is 11.4. The van der Waals surface area contributed by atoms with Crippen molar-refractivity contribution < 1.29 is 23.6 Å². The zero-order valence-electron chi connectivity index (χ0n) is 26.3. The van der Waals surface area contributed by atoms with Crippen molar-refractivity contribution in [3.8, 4) is 34.3 Å². The fourth-order valence-electron chi connectivity index (χ4n) is 4.97. The van der Waals surface area contributed by atoms with Gasteiger partial charge in [0.15, 0.2) is 0 Å². The number of ether oxygens (including phenoxy) is 2. The molecule has 7 heteroatoms. The van der Waals surface area contributed by atoms with Gasteiger partial charge in [0.2, 0.25) is 5.82 Å². The summed E-state index contributed by atoms with van der Waals surface area (Å²) in [6.45, 7) is 4.45. The van der Waals surface area contributed by atoms with Gasteiger partial charge in [-0.25, -0.2) is 0 Å². The Bertz CT molecular complexity index is 1100. The number of nitrogens with zero attached hydrogens (tertiary/aromatic N) is 2. The van der Waals surface area contributed by atoms with E-state index in [0.29, 0.717) is 36.1 Å². The van der Waals surface area contributed by atoms with Crippen LogP contribution in [0.5, 0.6) is 11.5 Å². The van der Waals surface area contributed by atoms with Gasteiger partial charge in [0.25, 0.3) is 5.89 Å². The highest BCUT2D eigenvalue weighted by atomic mass is 16.5. The van der Waals surface area contributed by atoms with Gasteiger partial charge in [-0.05, 0) is 61.4 Å². The van der Waals surface area contributed by atoms with Crippen LogP contribution in [-0.2, 0) is 9.59 Å². The van der Waals surface area contributed by atoms with Crippen LogP contribution in [-0.4, -0.2) is 22.1 Å². The number of carbonyl (C=O) groups excluding carboxylic acids is 2. The second kappa shape index (κ2) is 20.4.